The highest BCUT2D eigenvalue weighted by Crippen LogP contribution is 2.15. The lowest BCUT2D eigenvalue weighted by atomic mass is 10.1. The van der Waals surface area contributed by atoms with Crippen molar-refractivity contribution in [2.45, 2.75) is 18.7 Å². The first-order valence-electron chi connectivity index (χ1n) is 5.76. The van der Waals surface area contributed by atoms with E-state index < -0.39 is 0 Å². The van der Waals surface area contributed by atoms with Crippen molar-refractivity contribution in [2.75, 3.05) is 0 Å². The Morgan fingerprint density at radius 1 is 0.889 bits per heavy atom. The average Bonchev–Trinajstić information content (AvgIpc) is 2.38. The highest BCUT2D eigenvalue weighted by molar-refractivity contribution is 7.98. The first-order valence-corrected chi connectivity index (χ1v) is 6.57. The third kappa shape index (κ3) is 3.37. The molecule has 2 aromatic carbocycles. The molecule has 0 aromatic heterocycles. The van der Waals surface area contributed by atoms with Crippen molar-refractivity contribution in [3.05, 3.63) is 65.2 Å². The summed E-state index contributed by atoms with van der Waals surface area (Å²) in [6, 6.07) is 15.6. The molecule has 0 radical (unpaired) electrons. The molecular weight excluding hydrogens is 242 g/mol. The van der Waals surface area contributed by atoms with Gasteiger partial charge >= 0.3 is 0 Å². The molecular formula is C15H15NOS. The molecule has 18 heavy (non-hydrogen) atoms. The largest absolute Gasteiger partial charge is 0.292 e. The number of rotatable bonds is 3. The van der Waals surface area contributed by atoms with Gasteiger partial charge in [-0.05, 0) is 50.1 Å². The zero-order valence-electron chi connectivity index (χ0n) is 10.4. The summed E-state index contributed by atoms with van der Waals surface area (Å²) in [4.78, 5) is 12.9. The topological polar surface area (TPSA) is 29.1 Å². The van der Waals surface area contributed by atoms with Crippen molar-refractivity contribution in [2.24, 2.45) is 0 Å². The molecule has 0 aliphatic rings. The van der Waals surface area contributed by atoms with E-state index in [2.05, 4.69) is 4.72 Å². The highest BCUT2D eigenvalue weighted by Gasteiger charge is 2.04. The second-order valence-corrected chi connectivity index (χ2v) is 5.09. The van der Waals surface area contributed by atoms with Gasteiger partial charge in [0.25, 0.3) is 5.91 Å². The molecule has 1 N–H and O–H groups in total. The number of hydrogen-bond donors (Lipinski definition) is 1. The van der Waals surface area contributed by atoms with Gasteiger partial charge in [0.1, 0.15) is 0 Å². The van der Waals surface area contributed by atoms with Crippen LogP contribution in [0.25, 0.3) is 0 Å². The molecule has 92 valence electrons. The third-order valence-electron chi connectivity index (χ3n) is 2.60. The van der Waals surface area contributed by atoms with Gasteiger partial charge in [0.15, 0.2) is 0 Å². The second-order valence-electron chi connectivity index (χ2n) is 4.21. The molecule has 0 atom stereocenters. The SMILES string of the molecule is Cc1ccc(SNC(=O)c2ccc(C)cc2)cc1. The van der Waals surface area contributed by atoms with Crippen LogP contribution in [0.5, 0.6) is 0 Å². The Labute approximate surface area is 112 Å². The van der Waals surface area contributed by atoms with E-state index in [9.17, 15) is 4.79 Å². The van der Waals surface area contributed by atoms with E-state index in [4.69, 9.17) is 0 Å². The molecule has 0 aliphatic heterocycles. The fourth-order valence-corrected chi connectivity index (χ4v) is 2.08. The lowest BCUT2D eigenvalue weighted by molar-refractivity contribution is 0.0984. The van der Waals surface area contributed by atoms with E-state index in [1.54, 1.807) is 0 Å². The van der Waals surface area contributed by atoms with Crippen LogP contribution in [0.1, 0.15) is 21.5 Å². The molecule has 0 bridgehead atoms. The molecule has 0 fully saturated rings. The number of amides is 1. The van der Waals surface area contributed by atoms with Crippen LogP contribution in [0.15, 0.2) is 53.4 Å². The fraction of sp³-hybridized carbons (Fsp3) is 0.133. The molecule has 0 spiro atoms. The van der Waals surface area contributed by atoms with E-state index in [0.717, 1.165) is 10.5 Å². The van der Waals surface area contributed by atoms with Crippen LogP contribution in [-0.4, -0.2) is 5.91 Å². The summed E-state index contributed by atoms with van der Waals surface area (Å²) in [6.45, 7) is 4.04. The Hall–Kier alpha value is -1.74. The third-order valence-corrected chi connectivity index (χ3v) is 3.39. The first-order chi connectivity index (χ1) is 8.65. The zero-order valence-corrected chi connectivity index (χ0v) is 11.3. The molecule has 0 saturated heterocycles. The number of nitrogens with one attached hydrogen (secondary N) is 1. The molecule has 0 unspecified atom stereocenters. The summed E-state index contributed by atoms with van der Waals surface area (Å²) >= 11 is 1.34. The molecule has 3 heteroatoms. The molecule has 2 aromatic rings. The Bertz CT molecular complexity index is 531. The maximum atomic E-state index is 11.9. The molecule has 1 amide bonds. The highest BCUT2D eigenvalue weighted by atomic mass is 32.2. The van der Waals surface area contributed by atoms with Gasteiger partial charge in [-0.3, -0.25) is 9.52 Å². The Morgan fingerprint density at radius 2 is 1.39 bits per heavy atom. The van der Waals surface area contributed by atoms with E-state index in [-0.39, 0.29) is 5.91 Å². The van der Waals surface area contributed by atoms with Crippen molar-refractivity contribution < 1.29 is 4.79 Å². The average molecular weight is 257 g/mol. The molecule has 0 aliphatic carbocycles. The van der Waals surface area contributed by atoms with Crippen LogP contribution in [0.4, 0.5) is 0 Å². The van der Waals surface area contributed by atoms with Gasteiger partial charge in [-0.15, -0.1) is 0 Å². The molecule has 0 heterocycles. The quantitative estimate of drug-likeness (QED) is 0.849. The van der Waals surface area contributed by atoms with E-state index in [1.165, 1.54) is 17.5 Å². The standard InChI is InChI=1S/C15H15NOS/c1-11-3-7-13(8-4-11)15(17)16-18-14-9-5-12(2)6-10-14/h3-10H,1-2H3,(H,16,17). The Morgan fingerprint density at radius 3 is 1.94 bits per heavy atom. The van der Waals surface area contributed by atoms with Crippen LogP contribution < -0.4 is 4.72 Å². The van der Waals surface area contributed by atoms with Crippen molar-refractivity contribution in [3.8, 4) is 0 Å². The van der Waals surface area contributed by atoms with E-state index in [1.807, 2.05) is 62.4 Å². The summed E-state index contributed by atoms with van der Waals surface area (Å²) < 4.78 is 2.83. The number of hydrogen-bond acceptors (Lipinski definition) is 2. The fourth-order valence-electron chi connectivity index (χ4n) is 1.48. The number of aryl methyl sites for hydroxylation is 2. The maximum Gasteiger partial charge on any atom is 0.261 e. The van der Waals surface area contributed by atoms with Crippen molar-refractivity contribution in [1.82, 2.24) is 4.72 Å². The lowest BCUT2D eigenvalue weighted by Crippen LogP contribution is -2.15. The van der Waals surface area contributed by atoms with Gasteiger partial charge in [-0.2, -0.15) is 0 Å². The minimum absolute atomic E-state index is 0.0689. The first kappa shape index (κ1) is 12.7. The number of benzene rings is 2. The molecule has 2 rings (SSSR count). The maximum absolute atomic E-state index is 11.9. The minimum Gasteiger partial charge on any atom is -0.292 e. The number of carbonyl (C=O) groups is 1. The van der Waals surface area contributed by atoms with Crippen LogP contribution in [-0.2, 0) is 0 Å². The summed E-state index contributed by atoms with van der Waals surface area (Å²) in [7, 11) is 0. The van der Waals surface area contributed by atoms with E-state index >= 15 is 0 Å². The van der Waals surface area contributed by atoms with Crippen molar-refractivity contribution in [1.29, 1.82) is 0 Å². The molecule has 2 nitrogen and oxygen atoms in total. The van der Waals surface area contributed by atoms with Gasteiger partial charge in [0.2, 0.25) is 0 Å². The normalized spacial score (nSPS) is 10.1. The summed E-state index contributed by atoms with van der Waals surface area (Å²) in [6.07, 6.45) is 0. The monoisotopic (exact) mass is 257 g/mol. The lowest BCUT2D eigenvalue weighted by Gasteiger charge is -2.05. The van der Waals surface area contributed by atoms with Crippen LogP contribution in [0.2, 0.25) is 0 Å². The Balaban J connectivity index is 1.96. The predicted octanol–water partition coefficient (Wildman–Crippen LogP) is 3.74. The van der Waals surface area contributed by atoms with Crippen molar-refractivity contribution in [3.63, 3.8) is 0 Å². The minimum atomic E-state index is -0.0689. The smallest absolute Gasteiger partial charge is 0.261 e. The predicted molar refractivity (Wildman–Crippen MR) is 75.7 cm³/mol. The summed E-state index contributed by atoms with van der Waals surface area (Å²) in [5.41, 5.74) is 3.04. The van der Waals surface area contributed by atoms with Gasteiger partial charge in [0, 0.05) is 10.5 Å². The van der Waals surface area contributed by atoms with Gasteiger partial charge in [-0.1, -0.05) is 35.4 Å². The number of carbonyl (C=O) groups excluding carboxylic acids is 1. The molecule has 0 saturated carbocycles. The van der Waals surface area contributed by atoms with Gasteiger partial charge in [-0.25, -0.2) is 0 Å². The van der Waals surface area contributed by atoms with Crippen LogP contribution >= 0.6 is 11.9 Å². The summed E-state index contributed by atoms with van der Waals surface area (Å²) in [5, 5.41) is 0. The van der Waals surface area contributed by atoms with Crippen LogP contribution in [0, 0.1) is 13.8 Å². The second kappa shape index (κ2) is 5.74. The van der Waals surface area contributed by atoms with Gasteiger partial charge < -0.3 is 0 Å². The van der Waals surface area contributed by atoms with E-state index in [0.29, 0.717) is 5.56 Å². The van der Waals surface area contributed by atoms with Gasteiger partial charge in [0.05, 0.1) is 0 Å². The Kier molecular flexibility index (Phi) is 4.05. The zero-order chi connectivity index (χ0) is 13.0. The van der Waals surface area contributed by atoms with Crippen molar-refractivity contribution >= 4 is 17.9 Å². The summed E-state index contributed by atoms with van der Waals surface area (Å²) in [5.74, 6) is -0.0689. The van der Waals surface area contributed by atoms with Crippen LogP contribution in [0.3, 0.4) is 0 Å².